The minimum absolute atomic E-state index is 0.232. The number of aromatic nitrogens is 4. The highest BCUT2D eigenvalue weighted by Gasteiger charge is 2.25. The molecule has 106 valence electrons. The Hall–Kier alpha value is -1.70. The Kier molecular flexibility index (Phi) is 3.06. The van der Waals surface area contributed by atoms with Gasteiger partial charge in [0.15, 0.2) is 5.65 Å². The van der Waals surface area contributed by atoms with Gasteiger partial charge in [-0.1, -0.05) is 24.3 Å². The van der Waals surface area contributed by atoms with Crippen LogP contribution in [-0.2, 0) is 6.42 Å². The Balaban J connectivity index is 1.95. The molecule has 2 N–H and O–H groups in total. The summed E-state index contributed by atoms with van der Waals surface area (Å²) in [6.07, 6.45) is 4.90. The van der Waals surface area contributed by atoms with Crippen LogP contribution in [0.15, 0.2) is 30.6 Å². The molecule has 1 unspecified atom stereocenters. The van der Waals surface area contributed by atoms with Crippen molar-refractivity contribution in [1.82, 2.24) is 19.7 Å². The number of fused-ring (bicyclic) bond motifs is 2. The van der Waals surface area contributed by atoms with Gasteiger partial charge >= 0.3 is 0 Å². The maximum Gasteiger partial charge on any atom is 0.165 e. The summed E-state index contributed by atoms with van der Waals surface area (Å²) in [5.41, 5.74) is 9.57. The molecule has 1 aromatic carbocycles. The Morgan fingerprint density at radius 2 is 2.10 bits per heavy atom. The predicted octanol–water partition coefficient (Wildman–Crippen LogP) is 2.94. The van der Waals surface area contributed by atoms with Crippen LogP contribution in [0.1, 0.15) is 30.0 Å². The SMILES string of the molecule is Nc1ncnc2c1c(I)nn2C1CCCc2ccccc21. The molecule has 2 aromatic heterocycles. The van der Waals surface area contributed by atoms with Gasteiger partial charge in [-0.2, -0.15) is 5.10 Å². The first-order chi connectivity index (χ1) is 10.3. The van der Waals surface area contributed by atoms with Crippen LogP contribution in [0, 0.1) is 3.70 Å². The Morgan fingerprint density at radius 3 is 3.00 bits per heavy atom. The standard InChI is InChI=1S/C15H14IN5/c16-13-12-14(17)18-8-19-15(12)21(20-13)11-7-3-5-9-4-1-2-6-10(9)11/h1-2,4,6,8,11H,3,5,7H2,(H2,17,18,19). The molecular weight excluding hydrogens is 377 g/mol. The average Bonchev–Trinajstić information content (AvgIpc) is 2.85. The highest BCUT2D eigenvalue weighted by molar-refractivity contribution is 14.1. The van der Waals surface area contributed by atoms with Crippen molar-refractivity contribution in [1.29, 1.82) is 0 Å². The van der Waals surface area contributed by atoms with E-state index in [-0.39, 0.29) is 6.04 Å². The monoisotopic (exact) mass is 391 g/mol. The Bertz CT molecular complexity index is 826. The number of hydrogen-bond acceptors (Lipinski definition) is 4. The van der Waals surface area contributed by atoms with Crippen LogP contribution in [0.25, 0.3) is 11.0 Å². The van der Waals surface area contributed by atoms with Crippen molar-refractivity contribution in [3.05, 3.63) is 45.4 Å². The predicted molar refractivity (Wildman–Crippen MR) is 90.0 cm³/mol. The van der Waals surface area contributed by atoms with E-state index in [0.717, 1.165) is 27.6 Å². The molecule has 1 atom stereocenters. The summed E-state index contributed by atoms with van der Waals surface area (Å²) in [5.74, 6) is 0.500. The molecule has 2 heterocycles. The molecule has 21 heavy (non-hydrogen) atoms. The molecule has 5 nitrogen and oxygen atoms in total. The minimum Gasteiger partial charge on any atom is -0.383 e. The van der Waals surface area contributed by atoms with E-state index in [9.17, 15) is 0 Å². The van der Waals surface area contributed by atoms with Crippen molar-refractivity contribution in [3.63, 3.8) is 0 Å². The number of hydrogen-bond donors (Lipinski definition) is 1. The number of halogens is 1. The van der Waals surface area contributed by atoms with Crippen LogP contribution in [0.2, 0.25) is 0 Å². The lowest BCUT2D eigenvalue weighted by atomic mass is 9.88. The van der Waals surface area contributed by atoms with Gasteiger partial charge in [0.05, 0.1) is 11.4 Å². The molecule has 0 saturated heterocycles. The molecule has 1 aliphatic rings. The second-order valence-corrected chi connectivity index (χ2v) is 6.32. The van der Waals surface area contributed by atoms with Gasteiger partial charge in [-0.25, -0.2) is 14.6 Å². The van der Waals surface area contributed by atoms with Crippen molar-refractivity contribution in [2.24, 2.45) is 0 Å². The third-order valence-electron chi connectivity index (χ3n) is 4.11. The number of nitrogens with two attached hydrogens (primary N) is 1. The maximum atomic E-state index is 5.99. The third-order valence-corrected chi connectivity index (χ3v) is 4.86. The van der Waals surface area contributed by atoms with E-state index in [1.165, 1.54) is 23.9 Å². The van der Waals surface area contributed by atoms with Gasteiger partial charge in [-0.15, -0.1) is 0 Å². The van der Waals surface area contributed by atoms with Crippen LogP contribution < -0.4 is 5.73 Å². The van der Waals surface area contributed by atoms with E-state index >= 15 is 0 Å². The molecule has 0 fully saturated rings. The van der Waals surface area contributed by atoms with E-state index in [1.807, 2.05) is 4.68 Å². The fourth-order valence-electron chi connectivity index (χ4n) is 3.15. The number of nitrogen functional groups attached to an aromatic ring is 1. The molecule has 0 amide bonds. The number of anilines is 1. The van der Waals surface area contributed by atoms with Gasteiger partial charge in [0.1, 0.15) is 15.8 Å². The zero-order valence-electron chi connectivity index (χ0n) is 11.3. The summed E-state index contributed by atoms with van der Waals surface area (Å²) >= 11 is 2.21. The summed E-state index contributed by atoms with van der Waals surface area (Å²) in [4.78, 5) is 8.49. The van der Waals surface area contributed by atoms with Crippen LogP contribution in [0.3, 0.4) is 0 Å². The molecule has 0 radical (unpaired) electrons. The van der Waals surface area contributed by atoms with Crippen LogP contribution in [-0.4, -0.2) is 19.7 Å². The van der Waals surface area contributed by atoms with E-state index in [0.29, 0.717) is 5.82 Å². The van der Waals surface area contributed by atoms with Crippen LogP contribution >= 0.6 is 22.6 Å². The summed E-state index contributed by atoms with van der Waals surface area (Å²) in [6, 6.07) is 8.84. The molecular formula is C15H14IN5. The quantitative estimate of drug-likeness (QED) is 0.648. The van der Waals surface area contributed by atoms with Crippen LogP contribution in [0.4, 0.5) is 5.82 Å². The fraction of sp³-hybridized carbons (Fsp3) is 0.267. The first-order valence-electron chi connectivity index (χ1n) is 6.97. The summed E-state index contributed by atoms with van der Waals surface area (Å²) in [6.45, 7) is 0. The number of rotatable bonds is 1. The van der Waals surface area contributed by atoms with Gasteiger partial charge in [0, 0.05) is 0 Å². The fourth-order valence-corrected chi connectivity index (χ4v) is 3.90. The van der Waals surface area contributed by atoms with E-state index in [1.54, 1.807) is 0 Å². The summed E-state index contributed by atoms with van der Waals surface area (Å²) < 4.78 is 2.89. The highest BCUT2D eigenvalue weighted by atomic mass is 127. The van der Waals surface area contributed by atoms with Crippen molar-refractivity contribution in [3.8, 4) is 0 Å². The lowest BCUT2D eigenvalue weighted by Crippen LogP contribution is -2.18. The molecule has 1 aliphatic carbocycles. The number of benzene rings is 1. The zero-order chi connectivity index (χ0) is 14.4. The van der Waals surface area contributed by atoms with Crippen molar-refractivity contribution < 1.29 is 0 Å². The molecule has 3 aromatic rings. The van der Waals surface area contributed by atoms with E-state index < -0.39 is 0 Å². The lowest BCUT2D eigenvalue weighted by molar-refractivity contribution is 0.458. The molecule has 0 bridgehead atoms. The van der Waals surface area contributed by atoms with E-state index in [4.69, 9.17) is 10.8 Å². The van der Waals surface area contributed by atoms with Gasteiger partial charge in [0.25, 0.3) is 0 Å². The molecule has 6 heteroatoms. The summed E-state index contributed by atoms with van der Waals surface area (Å²) in [5, 5.41) is 5.56. The van der Waals surface area contributed by atoms with E-state index in [2.05, 4.69) is 56.8 Å². The minimum atomic E-state index is 0.232. The zero-order valence-corrected chi connectivity index (χ0v) is 13.5. The topological polar surface area (TPSA) is 69.6 Å². The van der Waals surface area contributed by atoms with Gasteiger partial charge in [0.2, 0.25) is 0 Å². The highest BCUT2D eigenvalue weighted by Crippen LogP contribution is 2.35. The van der Waals surface area contributed by atoms with Crippen LogP contribution in [0.5, 0.6) is 0 Å². The third kappa shape index (κ3) is 2.00. The first kappa shape index (κ1) is 13.0. The van der Waals surface area contributed by atoms with Crippen molar-refractivity contribution in [2.75, 3.05) is 5.73 Å². The molecule has 4 rings (SSSR count). The first-order valence-corrected chi connectivity index (χ1v) is 8.05. The van der Waals surface area contributed by atoms with Gasteiger partial charge in [-0.05, 0) is 53.0 Å². The smallest absolute Gasteiger partial charge is 0.165 e. The van der Waals surface area contributed by atoms with Gasteiger partial charge < -0.3 is 5.73 Å². The number of aryl methyl sites for hydroxylation is 1. The molecule has 0 aliphatic heterocycles. The largest absolute Gasteiger partial charge is 0.383 e. The Labute approximate surface area is 135 Å². The molecule has 0 saturated carbocycles. The summed E-state index contributed by atoms with van der Waals surface area (Å²) in [7, 11) is 0. The Morgan fingerprint density at radius 1 is 1.24 bits per heavy atom. The van der Waals surface area contributed by atoms with Crippen molar-refractivity contribution >= 4 is 39.4 Å². The number of nitrogens with zero attached hydrogens (tertiary/aromatic N) is 4. The van der Waals surface area contributed by atoms with Gasteiger partial charge in [-0.3, -0.25) is 0 Å². The second-order valence-electron chi connectivity index (χ2n) is 5.30. The lowest BCUT2D eigenvalue weighted by Gasteiger charge is -2.25. The average molecular weight is 391 g/mol. The molecule has 0 spiro atoms. The maximum absolute atomic E-state index is 5.99. The normalized spacial score (nSPS) is 17.9. The van der Waals surface area contributed by atoms with Crippen molar-refractivity contribution in [2.45, 2.75) is 25.3 Å². The second kappa shape index (κ2) is 4.94.